The summed E-state index contributed by atoms with van der Waals surface area (Å²) in [5.74, 6) is -0.550. The van der Waals surface area contributed by atoms with E-state index in [1.54, 1.807) is 54.6 Å². The van der Waals surface area contributed by atoms with Crippen LogP contribution in [0.2, 0.25) is 0 Å². The molecule has 0 spiro atoms. The maximum atomic E-state index is 12.6. The SMILES string of the molecule is CC(C)Oc1ccc(C(=O)NC(=S)NNC(=O)c2ccc(NC(=O)c3ccc(C(C)(C)C)cc3)cc2)cc1Br. The minimum atomic E-state index is -0.472. The molecule has 0 heterocycles. The molecular weight excluding hydrogens is 580 g/mol. The molecule has 0 unspecified atom stereocenters. The Labute approximate surface area is 242 Å². The zero-order valence-corrected chi connectivity index (χ0v) is 24.7. The van der Waals surface area contributed by atoms with Gasteiger partial charge in [-0.1, -0.05) is 32.9 Å². The molecule has 3 aromatic rings. The molecule has 0 bridgehead atoms. The van der Waals surface area contributed by atoms with Gasteiger partial charge < -0.3 is 10.1 Å². The van der Waals surface area contributed by atoms with Crippen molar-refractivity contribution in [3.05, 3.63) is 93.5 Å². The number of nitrogens with one attached hydrogen (secondary N) is 4. The zero-order valence-electron chi connectivity index (χ0n) is 22.3. The number of hydrazine groups is 1. The van der Waals surface area contributed by atoms with Crippen molar-refractivity contribution in [2.24, 2.45) is 0 Å². The number of thiocarbonyl (C=S) groups is 1. The molecule has 0 saturated carbocycles. The van der Waals surface area contributed by atoms with Crippen molar-refractivity contribution in [2.75, 3.05) is 5.32 Å². The lowest BCUT2D eigenvalue weighted by atomic mass is 9.87. The fraction of sp³-hybridized carbons (Fsp3) is 0.241. The highest BCUT2D eigenvalue weighted by Crippen LogP contribution is 2.27. The molecule has 0 atom stereocenters. The lowest BCUT2D eigenvalue weighted by Crippen LogP contribution is -2.48. The van der Waals surface area contributed by atoms with Gasteiger partial charge >= 0.3 is 0 Å². The van der Waals surface area contributed by atoms with Crippen LogP contribution in [0.4, 0.5) is 5.69 Å². The molecule has 0 radical (unpaired) electrons. The summed E-state index contributed by atoms with van der Waals surface area (Å²) in [7, 11) is 0. The molecule has 204 valence electrons. The van der Waals surface area contributed by atoms with Gasteiger partial charge in [-0.2, -0.15) is 0 Å². The molecule has 8 nitrogen and oxygen atoms in total. The minimum absolute atomic E-state index is 0.00218. The highest BCUT2D eigenvalue weighted by Gasteiger charge is 2.15. The van der Waals surface area contributed by atoms with Gasteiger partial charge in [0.05, 0.1) is 10.6 Å². The average molecular weight is 612 g/mol. The quantitative estimate of drug-likeness (QED) is 0.209. The Balaban J connectivity index is 1.50. The third-order valence-electron chi connectivity index (χ3n) is 5.49. The van der Waals surface area contributed by atoms with Crippen LogP contribution < -0.4 is 26.2 Å². The van der Waals surface area contributed by atoms with Gasteiger partial charge in [0.25, 0.3) is 17.7 Å². The van der Waals surface area contributed by atoms with Crippen LogP contribution in [-0.4, -0.2) is 28.9 Å². The summed E-state index contributed by atoms with van der Waals surface area (Å²) in [6.07, 6.45) is -0.00669. The maximum Gasteiger partial charge on any atom is 0.269 e. The number of hydrogen-bond acceptors (Lipinski definition) is 5. The Morgan fingerprint density at radius 3 is 1.92 bits per heavy atom. The molecule has 3 rings (SSSR count). The third kappa shape index (κ3) is 8.62. The van der Waals surface area contributed by atoms with Crippen LogP contribution in [0.1, 0.15) is 71.3 Å². The summed E-state index contributed by atoms with van der Waals surface area (Å²) in [6, 6.07) is 18.8. The highest BCUT2D eigenvalue weighted by atomic mass is 79.9. The van der Waals surface area contributed by atoms with Crippen molar-refractivity contribution >= 4 is 56.7 Å². The molecule has 0 saturated heterocycles. The van der Waals surface area contributed by atoms with E-state index in [0.29, 0.717) is 32.6 Å². The molecule has 10 heteroatoms. The highest BCUT2D eigenvalue weighted by molar-refractivity contribution is 9.10. The summed E-state index contributed by atoms with van der Waals surface area (Å²) >= 11 is 8.51. The van der Waals surface area contributed by atoms with Gasteiger partial charge in [0.15, 0.2) is 5.11 Å². The van der Waals surface area contributed by atoms with Crippen LogP contribution >= 0.6 is 28.1 Å². The van der Waals surface area contributed by atoms with Gasteiger partial charge in [0, 0.05) is 22.4 Å². The second-order valence-corrected chi connectivity index (χ2v) is 11.3. The number of amides is 3. The monoisotopic (exact) mass is 610 g/mol. The number of halogens is 1. The zero-order chi connectivity index (χ0) is 28.7. The average Bonchev–Trinajstić information content (AvgIpc) is 2.88. The summed E-state index contributed by atoms with van der Waals surface area (Å²) in [5, 5.41) is 5.25. The topological polar surface area (TPSA) is 109 Å². The normalized spacial score (nSPS) is 10.9. The first-order chi connectivity index (χ1) is 18.3. The maximum absolute atomic E-state index is 12.6. The number of carbonyl (C=O) groups is 3. The second kappa shape index (κ2) is 12.9. The number of hydrogen-bond donors (Lipinski definition) is 4. The van der Waals surface area contributed by atoms with E-state index >= 15 is 0 Å². The molecule has 4 N–H and O–H groups in total. The second-order valence-electron chi connectivity index (χ2n) is 10.0. The number of carbonyl (C=O) groups excluding carboxylic acids is 3. The van der Waals surface area contributed by atoms with Gasteiger partial charge in [-0.3, -0.25) is 30.6 Å². The van der Waals surface area contributed by atoms with Crippen LogP contribution in [-0.2, 0) is 5.41 Å². The molecular formula is C29H31BrN4O4S. The van der Waals surface area contributed by atoms with Crippen molar-refractivity contribution in [2.45, 2.75) is 46.1 Å². The summed E-state index contributed by atoms with van der Waals surface area (Å²) in [6.45, 7) is 10.2. The smallest absolute Gasteiger partial charge is 0.269 e. The first-order valence-electron chi connectivity index (χ1n) is 12.2. The molecule has 0 fully saturated rings. The van der Waals surface area contributed by atoms with E-state index in [2.05, 4.69) is 58.2 Å². The van der Waals surface area contributed by atoms with E-state index in [-0.39, 0.29) is 22.5 Å². The summed E-state index contributed by atoms with van der Waals surface area (Å²) in [5.41, 5.74) is 7.86. The fourth-order valence-corrected chi connectivity index (χ4v) is 4.03. The lowest BCUT2D eigenvalue weighted by Gasteiger charge is -2.19. The molecule has 3 aromatic carbocycles. The van der Waals surface area contributed by atoms with Gasteiger partial charge in [0.2, 0.25) is 0 Å². The van der Waals surface area contributed by atoms with Crippen molar-refractivity contribution in [3.8, 4) is 5.75 Å². The number of rotatable bonds is 6. The predicted molar refractivity (Wildman–Crippen MR) is 160 cm³/mol. The Kier molecular flexibility index (Phi) is 9.82. The fourth-order valence-electron chi connectivity index (χ4n) is 3.41. The number of benzene rings is 3. The largest absolute Gasteiger partial charge is 0.490 e. The lowest BCUT2D eigenvalue weighted by molar-refractivity contribution is 0.0934. The van der Waals surface area contributed by atoms with Gasteiger partial charge in [-0.05, 0) is 108 Å². The Morgan fingerprint density at radius 1 is 0.795 bits per heavy atom. The number of ether oxygens (including phenoxy) is 1. The molecule has 39 heavy (non-hydrogen) atoms. The van der Waals surface area contributed by atoms with Crippen molar-refractivity contribution in [1.29, 1.82) is 0 Å². The van der Waals surface area contributed by atoms with E-state index < -0.39 is 11.8 Å². The summed E-state index contributed by atoms with van der Waals surface area (Å²) < 4.78 is 6.28. The molecule has 3 amide bonds. The van der Waals surface area contributed by atoms with E-state index in [4.69, 9.17) is 17.0 Å². The van der Waals surface area contributed by atoms with Gasteiger partial charge in [-0.15, -0.1) is 0 Å². The Hall–Kier alpha value is -3.76. The van der Waals surface area contributed by atoms with Crippen molar-refractivity contribution in [3.63, 3.8) is 0 Å². The van der Waals surface area contributed by atoms with Crippen molar-refractivity contribution in [1.82, 2.24) is 16.2 Å². The molecule has 0 aliphatic rings. The van der Waals surface area contributed by atoms with Crippen LogP contribution in [0.5, 0.6) is 5.75 Å². The van der Waals surface area contributed by atoms with Crippen LogP contribution in [0.25, 0.3) is 0 Å². The minimum Gasteiger partial charge on any atom is -0.490 e. The first kappa shape index (κ1) is 29.8. The van der Waals surface area contributed by atoms with E-state index in [0.717, 1.165) is 5.56 Å². The Morgan fingerprint density at radius 2 is 1.36 bits per heavy atom. The van der Waals surface area contributed by atoms with Crippen molar-refractivity contribution < 1.29 is 19.1 Å². The van der Waals surface area contributed by atoms with E-state index in [1.165, 1.54) is 0 Å². The third-order valence-corrected chi connectivity index (χ3v) is 6.32. The van der Waals surface area contributed by atoms with Crippen LogP contribution in [0, 0.1) is 0 Å². The molecule has 0 aliphatic heterocycles. The van der Waals surface area contributed by atoms with Crippen LogP contribution in [0.15, 0.2) is 71.2 Å². The number of anilines is 1. The van der Waals surface area contributed by atoms with E-state index in [9.17, 15) is 14.4 Å². The van der Waals surface area contributed by atoms with Gasteiger partial charge in [-0.25, -0.2) is 0 Å². The van der Waals surface area contributed by atoms with E-state index in [1.807, 2.05) is 26.0 Å². The predicted octanol–water partition coefficient (Wildman–Crippen LogP) is 5.74. The van der Waals surface area contributed by atoms with Crippen LogP contribution in [0.3, 0.4) is 0 Å². The first-order valence-corrected chi connectivity index (χ1v) is 13.4. The molecule has 0 aromatic heterocycles. The molecule has 0 aliphatic carbocycles. The summed E-state index contributed by atoms with van der Waals surface area (Å²) in [4.78, 5) is 37.6. The standard InChI is InChI=1S/C29H31BrN4O4S/c1-17(2)38-24-15-10-20(16-23(24)30)26(36)32-28(39)34-33-27(37)19-8-13-22(14-9-19)31-25(35)18-6-11-21(12-7-18)29(3,4)5/h6-17H,1-5H3,(H,31,35)(H,33,37)(H2,32,34,36,39). The van der Waals surface area contributed by atoms with Gasteiger partial charge in [0.1, 0.15) is 5.75 Å². The Bertz CT molecular complexity index is 1370.